The summed E-state index contributed by atoms with van der Waals surface area (Å²) >= 11 is 1.44. The molecular formula is C41H40N4O3S. The maximum atomic E-state index is 13.8. The van der Waals surface area contributed by atoms with E-state index in [0.29, 0.717) is 11.3 Å². The number of amides is 3. The molecule has 5 aromatic carbocycles. The molecule has 5 aromatic rings. The van der Waals surface area contributed by atoms with Crippen molar-refractivity contribution in [1.29, 1.82) is 0 Å². The van der Waals surface area contributed by atoms with Gasteiger partial charge in [0.25, 0.3) is 11.8 Å². The van der Waals surface area contributed by atoms with Gasteiger partial charge in [-0.1, -0.05) is 85.8 Å². The lowest BCUT2D eigenvalue weighted by atomic mass is 10.1. The van der Waals surface area contributed by atoms with E-state index in [0.717, 1.165) is 44.9 Å². The first-order valence-electron chi connectivity index (χ1n) is 16.1. The average Bonchev–Trinajstić information content (AvgIpc) is 3.12. The van der Waals surface area contributed by atoms with Gasteiger partial charge in [-0.05, 0) is 90.2 Å². The Morgan fingerprint density at radius 2 is 1.41 bits per heavy atom. The predicted molar refractivity (Wildman–Crippen MR) is 202 cm³/mol. The number of para-hydroxylation sites is 1. The molecule has 49 heavy (non-hydrogen) atoms. The fourth-order valence-electron chi connectivity index (χ4n) is 5.22. The molecule has 0 bridgehead atoms. The van der Waals surface area contributed by atoms with Crippen molar-refractivity contribution in [3.63, 3.8) is 0 Å². The van der Waals surface area contributed by atoms with Crippen molar-refractivity contribution in [2.75, 3.05) is 29.6 Å². The van der Waals surface area contributed by atoms with Crippen LogP contribution in [0.5, 0.6) is 0 Å². The highest BCUT2D eigenvalue weighted by Gasteiger charge is 2.24. The number of thioether (sulfide) groups is 1. The topological polar surface area (TPSA) is 90.5 Å². The average molecular weight is 669 g/mol. The number of carbonyl (C=O) groups is 3. The van der Waals surface area contributed by atoms with Crippen LogP contribution in [0.2, 0.25) is 0 Å². The number of rotatable bonds is 12. The number of nitrogens with zero attached hydrogens (tertiary/aromatic N) is 1. The molecule has 0 aliphatic carbocycles. The molecule has 0 heterocycles. The van der Waals surface area contributed by atoms with Gasteiger partial charge in [0.05, 0.1) is 0 Å². The van der Waals surface area contributed by atoms with E-state index in [1.165, 1.54) is 11.8 Å². The van der Waals surface area contributed by atoms with Crippen LogP contribution in [0.25, 0.3) is 6.08 Å². The molecule has 0 spiro atoms. The summed E-state index contributed by atoms with van der Waals surface area (Å²) in [6, 6.07) is 39.5. The monoisotopic (exact) mass is 668 g/mol. The van der Waals surface area contributed by atoms with Crippen molar-refractivity contribution in [2.24, 2.45) is 0 Å². The Morgan fingerprint density at radius 1 is 0.755 bits per heavy atom. The lowest BCUT2D eigenvalue weighted by molar-refractivity contribution is -0.116. The van der Waals surface area contributed by atoms with Gasteiger partial charge in [-0.2, -0.15) is 0 Å². The fourth-order valence-corrected chi connectivity index (χ4v) is 6.25. The molecule has 5 rings (SSSR count). The van der Waals surface area contributed by atoms with Crippen LogP contribution in [0.1, 0.15) is 44.8 Å². The summed E-state index contributed by atoms with van der Waals surface area (Å²) in [5.74, 6) is -0.964. The van der Waals surface area contributed by atoms with Gasteiger partial charge in [-0.3, -0.25) is 14.4 Å². The van der Waals surface area contributed by atoms with Crippen LogP contribution in [0.15, 0.2) is 138 Å². The number of hydrogen-bond donors (Lipinski definition) is 3. The van der Waals surface area contributed by atoms with Crippen molar-refractivity contribution in [3.8, 4) is 0 Å². The van der Waals surface area contributed by atoms with Crippen LogP contribution >= 0.6 is 11.8 Å². The molecule has 1 unspecified atom stereocenters. The Morgan fingerprint density at radius 3 is 2.04 bits per heavy atom. The van der Waals surface area contributed by atoms with E-state index in [9.17, 15) is 14.4 Å². The molecule has 8 heteroatoms. The summed E-state index contributed by atoms with van der Waals surface area (Å²) in [7, 11) is 3.91. The minimum Gasteiger partial charge on any atom is -0.378 e. The van der Waals surface area contributed by atoms with E-state index < -0.39 is 11.2 Å². The molecule has 0 aliphatic heterocycles. The van der Waals surface area contributed by atoms with Crippen molar-refractivity contribution in [1.82, 2.24) is 5.32 Å². The molecule has 0 aliphatic rings. The van der Waals surface area contributed by atoms with Gasteiger partial charge >= 0.3 is 0 Å². The molecule has 3 amide bonds. The van der Waals surface area contributed by atoms with E-state index in [2.05, 4.69) is 22.9 Å². The Hall–Kier alpha value is -5.60. The number of carbonyl (C=O) groups excluding carboxylic acids is 3. The molecule has 0 saturated carbocycles. The molecule has 0 aromatic heterocycles. The van der Waals surface area contributed by atoms with Gasteiger partial charge < -0.3 is 20.9 Å². The number of anilines is 3. The summed E-state index contributed by atoms with van der Waals surface area (Å²) in [5, 5.41) is 8.39. The Kier molecular flexibility index (Phi) is 11.7. The SMILES string of the molecule is CCc1cccc(C)c1NC(=O)C(Sc1ccc(NC(=O)/C(=C/c2ccc(N(C)C)cc2)NC(=O)c2ccccc2)cc1)c1ccccc1. The third-order valence-corrected chi connectivity index (χ3v) is 9.21. The molecule has 0 fully saturated rings. The first kappa shape index (κ1) is 34.7. The van der Waals surface area contributed by atoms with Crippen LogP contribution in [0.4, 0.5) is 17.1 Å². The van der Waals surface area contributed by atoms with Crippen molar-refractivity contribution >= 4 is 52.6 Å². The smallest absolute Gasteiger partial charge is 0.272 e. The van der Waals surface area contributed by atoms with Crippen LogP contribution in [0, 0.1) is 6.92 Å². The predicted octanol–water partition coefficient (Wildman–Crippen LogP) is 8.51. The van der Waals surface area contributed by atoms with Gasteiger partial charge in [0.1, 0.15) is 10.9 Å². The normalized spacial score (nSPS) is 11.7. The lowest BCUT2D eigenvalue weighted by Crippen LogP contribution is -2.30. The summed E-state index contributed by atoms with van der Waals surface area (Å²) in [5.41, 5.74) is 6.71. The zero-order valence-electron chi connectivity index (χ0n) is 28.1. The highest BCUT2D eigenvalue weighted by molar-refractivity contribution is 8.00. The van der Waals surface area contributed by atoms with E-state index in [1.807, 2.05) is 117 Å². The molecule has 7 nitrogen and oxygen atoms in total. The highest BCUT2D eigenvalue weighted by atomic mass is 32.2. The minimum atomic E-state index is -0.507. The first-order chi connectivity index (χ1) is 23.7. The third kappa shape index (κ3) is 9.27. The fraction of sp³-hybridized carbons (Fsp3) is 0.146. The first-order valence-corrected chi connectivity index (χ1v) is 17.0. The number of benzene rings is 5. The molecule has 248 valence electrons. The van der Waals surface area contributed by atoms with Crippen LogP contribution in [-0.2, 0) is 16.0 Å². The van der Waals surface area contributed by atoms with Crippen LogP contribution in [0.3, 0.4) is 0 Å². The van der Waals surface area contributed by atoms with Crippen molar-refractivity contribution in [3.05, 3.63) is 161 Å². The van der Waals surface area contributed by atoms with E-state index >= 15 is 0 Å². The van der Waals surface area contributed by atoms with Gasteiger partial charge in [0, 0.05) is 41.6 Å². The van der Waals surface area contributed by atoms with Crippen molar-refractivity contribution < 1.29 is 14.4 Å². The van der Waals surface area contributed by atoms with Gasteiger partial charge in [-0.25, -0.2) is 0 Å². The van der Waals surface area contributed by atoms with Crippen LogP contribution in [-0.4, -0.2) is 31.8 Å². The Bertz CT molecular complexity index is 1920. The van der Waals surface area contributed by atoms with E-state index in [4.69, 9.17) is 0 Å². The minimum absolute atomic E-state index is 0.105. The second kappa shape index (κ2) is 16.5. The largest absolute Gasteiger partial charge is 0.378 e. The van der Waals surface area contributed by atoms with Gasteiger partial charge in [0.2, 0.25) is 5.91 Å². The Balaban J connectivity index is 1.34. The molecule has 0 radical (unpaired) electrons. The van der Waals surface area contributed by atoms with E-state index in [1.54, 1.807) is 42.5 Å². The maximum absolute atomic E-state index is 13.8. The standard InChI is InChI=1S/C41H40N4O3S/c1-5-30-18-12-13-28(2)37(30)44-41(48)38(31-14-8-6-9-15-31)49-35-25-21-33(22-26-35)42-40(47)36(43-39(46)32-16-10-7-11-17-32)27-29-19-23-34(24-20-29)45(3)4/h6-27,38H,5H2,1-4H3,(H,42,47)(H,43,46)(H,44,48)/b36-27-. The zero-order chi connectivity index (χ0) is 34.8. The van der Waals surface area contributed by atoms with Gasteiger partial charge in [0.15, 0.2) is 0 Å². The highest BCUT2D eigenvalue weighted by Crippen LogP contribution is 2.37. The second-order valence-corrected chi connectivity index (χ2v) is 12.9. The quantitative estimate of drug-likeness (QED) is 0.0917. The second-order valence-electron chi connectivity index (χ2n) is 11.7. The van der Waals surface area contributed by atoms with Gasteiger partial charge in [-0.15, -0.1) is 11.8 Å². The molecular weight excluding hydrogens is 629 g/mol. The molecule has 0 saturated heterocycles. The number of nitrogens with one attached hydrogen (secondary N) is 3. The number of aryl methyl sites for hydroxylation is 2. The summed E-state index contributed by atoms with van der Waals surface area (Å²) in [6.45, 7) is 4.08. The molecule has 3 N–H and O–H groups in total. The zero-order valence-corrected chi connectivity index (χ0v) is 28.9. The maximum Gasteiger partial charge on any atom is 0.272 e. The molecule has 1 atom stereocenters. The number of hydrogen-bond acceptors (Lipinski definition) is 5. The Labute approximate surface area is 292 Å². The van der Waals surface area contributed by atoms with Crippen LogP contribution < -0.4 is 20.9 Å². The van der Waals surface area contributed by atoms with E-state index in [-0.39, 0.29) is 17.5 Å². The summed E-state index contributed by atoms with van der Waals surface area (Å²) in [4.78, 5) is 43.3. The lowest BCUT2D eigenvalue weighted by Gasteiger charge is -2.20. The summed E-state index contributed by atoms with van der Waals surface area (Å²) in [6.07, 6.45) is 2.46. The van der Waals surface area contributed by atoms with Crippen molar-refractivity contribution in [2.45, 2.75) is 30.4 Å². The third-order valence-electron chi connectivity index (χ3n) is 7.94. The summed E-state index contributed by atoms with van der Waals surface area (Å²) < 4.78 is 0.